The lowest BCUT2D eigenvalue weighted by molar-refractivity contribution is 0.171. The molecule has 1 N–H and O–H groups in total. The maximum absolute atomic E-state index is 10.5. The van der Waals surface area contributed by atoms with E-state index in [1.54, 1.807) is 24.2 Å². The van der Waals surface area contributed by atoms with E-state index < -0.39 is 6.10 Å². The van der Waals surface area contributed by atoms with E-state index in [1.807, 2.05) is 10.9 Å². The first-order valence-electron chi connectivity index (χ1n) is 6.58. The lowest BCUT2D eigenvalue weighted by atomic mass is 10.1. The average molecular weight is 343 g/mol. The summed E-state index contributed by atoms with van der Waals surface area (Å²) in [5.74, 6) is 0. The van der Waals surface area contributed by atoms with Crippen molar-refractivity contribution in [2.45, 2.75) is 32.5 Å². The standard InChI is InChI=1S/C13H19BrN4O2/c1-3-4-17-9-10(7-15-17)13(19)12-11(14)8-16-18(12)5-6-20-2/h7-9,13,19H,3-6H2,1-2H3. The van der Waals surface area contributed by atoms with Gasteiger partial charge in [0.1, 0.15) is 6.10 Å². The largest absolute Gasteiger partial charge is 0.383 e. The topological polar surface area (TPSA) is 65.1 Å². The maximum atomic E-state index is 10.5. The number of ether oxygens (including phenoxy) is 1. The Balaban J connectivity index is 2.22. The molecule has 0 aliphatic carbocycles. The fourth-order valence-corrected chi connectivity index (χ4v) is 2.54. The Morgan fingerprint density at radius 1 is 1.35 bits per heavy atom. The molecule has 0 saturated carbocycles. The highest BCUT2D eigenvalue weighted by molar-refractivity contribution is 9.10. The van der Waals surface area contributed by atoms with Crippen molar-refractivity contribution < 1.29 is 9.84 Å². The van der Waals surface area contributed by atoms with Crippen molar-refractivity contribution in [1.82, 2.24) is 19.6 Å². The lowest BCUT2D eigenvalue weighted by Gasteiger charge is -2.12. The zero-order valence-electron chi connectivity index (χ0n) is 11.7. The smallest absolute Gasteiger partial charge is 0.125 e. The molecule has 0 aliphatic heterocycles. The van der Waals surface area contributed by atoms with Gasteiger partial charge in [0.05, 0.1) is 35.7 Å². The van der Waals surface area contributed by atoms with E-state index in [4.69, 9.17) is 4.74 Å². The number of aromatic nitrogens is 4. The van der Waals surface area contributed by atoms with Crippen molar-refractivity contribution in [1.29, 1.82) is 0 Å². The molecule has 2 heterocycles. The van der Waals surface area contributed by atoms with Gasteiger partial charge in [-0.25, -0.2) is 0 Å². The second-order valence-electron chi connectivity index (χ2n) is 4.53. The molecule has 7 heteroatoms. The summed E-state index contributed by atoms with van der Waals surface area (Å²) in [4.78, 5) is 0. The van der Waals surface area contributed by atoms with Gasteiger partial charge in [0.2, 0.25) is 0 Å². The minimum atomic E-state index is -0.755. The second kappa shape index (κ2) is 7.01. The Morgan fingerprint density at radius 3 is 2.85 bits per heavy atom. The number of aliphatic hydroxyl groups is 1. The second-order valence-corrected chi connectivity index (χ2v) is 5.39. The minimum absolute atomic E-state index is 0.545. The zero-order valence-corrected chi connectivity index (χ0v) is 13.2. The number of methoxy groups -OCH3 is 1. The van der Waals surface area contributed by atoms with Gasteiger partial charge in [0.25, 0.3) is 0 Å². The van der Waals surface area contributed by atoms with Gasteiger partial charge in [-0.2, -0.15) is 10.2 Å². The summed E-state index contributed by atoms with van der Waals surface area (Å²) in [5, 5.41) is 19.0. The van der Waals surface area contributed by atoms with Gasteiger partial charge >= 0.3 is 0 Å². The van der Waals surface area contributed by atoms with Crippen LogP contribution < -0.4 is 0 Å². The predicted octanol–water partition coefficient (Wildman–Crippen LogP) is 1.98. The highest BCUT2D eigenvalue weighted by atomic mass is 79.9. The third kappa shape index (κ3) is 3.28. The molecule has 0 amide bonds. The van der Waals surface area contributed by atoms with Crippen LogP contribution in [0.15, 0.2) is 23.1 Å². The number of nitrogens with zero attached hydrogens (tertiary/aromatic N) is 4. The molecular weight excluding hydrogens is 324 g/mol. The summed E-state index contributed by atoms with van der Waals surface area (Å²) in [7, 11) is 1.64. The van der Waals surface area contributed by atoms with Crippen LogP contribution in [0.25, 0.3) is 0 Å². The Labute approximate surface area is 126 Å². The SMILES string of the molecule is CCCn1cc(C(O)c2c(Br)cnn2CCOC)cn1. The molecule has 0 spiro atoms. The van der Waals surface area contributed by atoms with E-state index in [-0.39, 0.29) is 0 Å². The van der Waals surface area contributed by atoms with E-state index in [0.29, 0.717) is 13.2 Å². The van der Waals surface area contributed by atoms with Crippen molar-refractivity contribution in [3.05, 3.63) is 34.3 Å². The first kappa shape index (κ1) is 15.2. The van der Waals surface area contributed by atoms with Crippen molar-refractivity contribution in [3.8, 4) is 0 Å². The number of aryl methyl sites for hydroxylation is 1. The molecule has 0 aliphatic rings. The zero-order chi connectivity index (χ0) is 14.5. The molecule has 6 nitrogen and oxygen atoms in total. The quantitative estimate of drug-likeness (QED) is 0.835. The molecule has 0 bridgehead atoms. The van der Waals surface area contributed by atoms with Crippen LogP contribution >= 0.6 is 15.9 Å². The number of rotatable bonds is 7. The fourth-order valence-electron chi connectivity index (χ4n) is 2.03. The Morgan fingerprint density at radius 2 is 2.15 bits per heavy atom. The molecule has 2 rings (SSSR count). The van der Waals surface area contributed by atoms with Crippen LogP contribution in [0.2, 0.25) is 0 Å². The molecule has 1 atom stereocenters. The van der Waals surface area contributed by atoms with Crippen LogP contribution in [0.3, 0.4) is 0 Å². The molecular formula is C13H19BrN4O2. The summed E-state index contributed by atoms with van der Waals surface area (Å²) in [5.41, 5.74) is 1.48. The van der Waals surface area contributed by atoms with Crippen LogP contribution in [0, 0.1) is 0 Å². The van der Waals surface area contributed by atoms with Gasteiger partial charge in [-0.1, -0.05) is 6.92 Å². The molecule has 0 saturated heterocycles. The Kier molecular flexibility index (Phi) is 5.33. The fraction of sp³-hybridized carbons (Fsp3) is 0.538. The molecule has 0 aromatic carbocycles. The van der Waals surface area contributed by atoms with Crippen LogP contribution in [0.1, 0.15) is 30.7 Å². The lowest BCUT2D eigenvalue weighted by Crippen LogP contribution is -2.13. The van der Waals surface area contributed by atoms with E-state index in [0.717, 1.165) is 28.7 Å². The van der Waals surface area contributed by atoms with Crippen molar-refractivity contribution in [3.63, 3.8) is 0 Å². The van der Waals surface area contributed by atoms with Crippen molar-refractivity contribution in [2.75, 3.05) is 13.7 Å². The highest BCUT2D eigenvalue weighted by Crippen LogP contribution is 2.28. The van der Waals surface area contributed by atoms with Crippen LogP contribution in [0.4, 0.5) is 0 Å². The summed E-state index contributed by atoms with van der Waals surface area (Å²) >= 11 is 3.43. The normalized spacial score (nSPS) is 12.8. The van der Waals surface area contributed by atoms with E-state index in [9.17, 15) is 5.11 Å². The monoisotopic (exact) mass is 342 g/mol. The Hall–Kier alpha value is -1.18. The summed E-state index contributed by atoms with van der Waals surface area (Å²) in [6.07, 6.45) is 5.50. The van der Waals surface area contributed by atoms with Crippen LogP contribution in [-0.2, 0) is 17.8 Å². The highest BCUT2D eigenvalue weighted by Gasteiger charge is 2.20. The molecule has 20 heavy (non-hydrogen) atoms. The third-order valence-electron chi connectivity index (χ3n) is 3.02. The number of halogens is 1. The number of aliphatic hydroxyl groups excluding tert-OH is 1. The average Bonchev–Trinajstić information content (AvgIpc) is 3.03. The summed E-state index contributed by atoms with van der Waals surface area (Å²) in [6.45, 7) is 4.07. The van der Waals surface area contributed by atoms with Crippen molar-refractivity contribution >= 4 is 15.9 Å². The van der Waals surface area contributed by atoms with Crippen molar-refractivity contribution in [2.24, 2.45) is 0 Å². The maximum Gasteiger partial charge on any atom is 0.125 e. The molecule has 110 valence electrons. The first-order valence-corrected chi connectivity index (χ1v) is 7.37. The van der Waals surface area contributed by atoms with Gasteiger partial charge in [-0.05, 0) is 22.4 Å². The molecule has 2 aromatic rings. The minimum Gasteiger partial charge on any atom is -0.383 e. The molecule has 0 radical (unpaired) electrons. The summed E-state index contributed by atoms with van der Waals surface area (Å²) in [6, 6.07) is 0. The summed E-state index contributed by atoms with van der Waals surface area (Å²) < 4.78 is 9.42. The van der Waals surface area contributed by atoms with Gasteiger partial charge in [-0.15, -0.1) is 0 Å². The molecule has 0 fully saturated rings. The van der Waals surface area contributed by atoms with E-state index in [1.165, 1.54) is 0 Å². The van der Waals surface area contributed by atoms with Crippen LogP contribution in [-0.4, -0.2) is 38.4 Å². The number of hydrogen-bond acceptors (Lipinski definition) is 4. The van der Waals surface area contributed by atoms with Gasteiger partial charge in [0, 0.05) is 25.4 Å². The van der Waals surface area contributed by atoms with E-state index in [2.05, 4.69) is 33.1 Å². The third-order valence-corrected chi connectivity index (χ3v) is 3.63. The molecule has 2 aromatic heterocycles. The molecule has 1 unspecified atom stereocenters. The predicted molar refractivity (Wildman–Crippen MR) is 78.4 cm³/mol. The van der Waals surface area contributed by atoms with Crippen LogP contribution in [0.5, 0.6) is 0 Å². The van der Waals surface area contributed by atoms with Gasteiger partial charge < -0.3 is 9.84 Å². The van der Waals surface area contributed by atoms with Gasteiger partial charge in [0.15, 0.2) is 0 Å². The number of hydrogen-bond donors (Lipinski definition) is 1. The van der Waals surface area contributed by atoms with E-state index >= 15 is 0 Å². The van der Waals surface area contributed by atoms with Gasteiger partial charge in [-0.3, -0.25) is 9.36 Å². The Bertz CT molecular complexity index is 552. The first-order chi connectivity index (χ1) is 9.67.